The number of carbonyl (C=O) groups is 1. The lowest BCUT2D eigenvalue weighted by atomic mass is 9.96. The summed E-state index contributed by atoms with van der Waals surface area (Å²) in [5.74, 6) is 0.290. The van der Waals surface area contributed by atoms with E-state index in [0.717, 1.165) is 37.3 Å². The van der Waals surface area contributed by atoms with E-state index in [1.165, 1.54) is 9.75 Å². The van der Waals surface area contributed by atoms with Crippen LogP contribution in [0.1, 0.15) is 40.4 Å². The van der Waals surface area contributed by atoms with Gasteiger partial charge in [-0.3, -0.25) is 14.7 Å². The lowest BCUT2D eigenvalue weighted by molar-refractivity contribution is -0.138. The number of thiophene rings is 1. The Morgan fingerprint density at radius 1 is 1.12 bits per heavy atom. The fourth-order valence-corrected chi connectivity index (χ4v) is 5.19. The van der Waals surface area contributed by atoms with Gasteiger partial charge in [-0.25, -0.2) is 0 Å². The van der Waals surface area contributed by atoms with Crippen molar-refractivity contribution in [2.45, 2.75) is 58.3 Å². The summed E-state index contributed by atoms with van der Waals surface area (Å²) < 4.78 is 0. The third-order valence-corrected chi connectivity index (χ3v) is 6.42. The van der Waals surface area contributed by atoms with E-state index in [9.17, 15) is 4.79 Å². The van der Waals surface area contributed by atoms with Gasteiger partial charge in [0, 0.05) is 47.0 Å². The first kappa shape index (κ1) is 16.7. The van der Waals surface area contributed by atoms with Crippen molar-refractivity contribution in [1.82, 2.24) is 14.8 Å². The summed E-state index contributed by atoms with van der Waals surface area (Å²) >= 11 is 1.89. The molecule has 0 aromatic carbocycles. The Hall–Kier alpha value is -1.72. The molecule has 0 aliphatic carbocycles. The molecule has 0 saturated carbocycles. The Morgan fingerprint density at radius 2 is 2.00 bits per heavy atom. The van der Waals surface area contributed by atoms with Gasteiger partial charge in [-0.2, -0.15) is 0 Å². The van der Waals surface area contributed by atoms with Crippen molar-refractivity contribution in [1.29, 1.82) is 0 Å². The highest BCUT2D eigenvalue weighted by Gasteiger charge is 2.43. The molecule has 132 valence electrons. The van der Waals surface area contributed by atoms with Gasteiger partial charge in [0.1, 0.15) is 0 Å². The summed E-state index contributed by atoms with van der Waals surface area (Å²) in [5.41, 5.74) is 2.01. The summed E-state index contributed by atoms with van der Waals surface area (Å²) in [5, 5.41) is 0. The van der Waals surface area contributed by atoms with Gasteiger partial charge in [0.15, 0.2) is 0 Å². The van der Waals surface area contributed by atoms with Crippen LogP contribution in [0.2, 0.25) is 0 Å². The second-order valence-corrected chi connectivity index (χ2v) is 8.61. The Balaban J connectivity index is 1.49. The summed E-state index contributed by atoms with van der Waals surface area (Å²) in [6.07, 6.45) is 2.73. The van der Waals surface area contributed by atoms with E-state index in [4.69, 9.17) is 0 Å². The molecule has 0 unspecified atom stereocenters. The SMILES string of the molecule is Cc1cccc(CN2C(=O)CC[C@@H]3[C@H]2CCN3Cc2ccc(C)s2)n1. The first-order valence-corrected chi connectivity index (χ1v) is 9.93. The van der Waals surface area contributed by atoms with E-state index in [1.54, 1.807) is 0 Å². The second kappa shape index (κ2) is 6.89. The van der Waals surface area contributed by atoms with Crippen LogP contribution >= 0.6 is 11.3 Å². The van der Waals surface area contributed by atoms with Gasteiger partial charge >= 0.3 is 0 Å². The molecule has 5 heteroatoms. The molecule has 2 aromatic heterocycles. The Labute approximate surface area is 153 Å². The standard InChI is InChI=1S/C20H25N3OS/c1-14-4-3-5-16(21-14)12-23-19-10-11-22(18(19)8-9-20(23)24)13-17-7-6-15(2)25-17/h3-7,18-19H,8-13H2,1-2H3/t18-,19-/m1/s1. The van der Waals surface area contributed by atoms with Crippen molar-refractivity contribution >= 4 is 17.2 Å². The van der Waals surface area contributed by atoms with Crippen LogP contribution in [-0.2, 0) is 17.9 Å². The molecule has 1 amide bonds. The van der Waals surface area contributed by atoms with Crippen LogP contribution in [-0.4, -0.2) is 39.3 Å². The summed E-state index contributed by atoms with van der Waals surface area (Å²) in [6.45, 7) is 6.91. The van der Waals surface area contributed by atoms with E-state index in [2.05, 4.69) is 33.8 Å². The van der Waals surface area contributed by atoms with Crippen LogP contribution in [0.4, 0.5) is 0 Å². The van der Waals surface area contributed by atoms with Crippen LogP contribution in [0.3, 0.4) is 0 Å². The minimum Gasteiger partial charge on any atom is -0.332 e. The predicted octanol–water partition coefficient (Wildman–Crippen LogP) is 3.53. The second-order valence-electron chi connectivity index (χ2n) is 7.24. The molecule has 4 rings (SSSR count). The van der Waals surface area contributed by atoms with Crippen molar-refractivity contribution in [2.75, 3.05) is 6.54 Å². The maximum absolute atomic E-state index is 12.6. The third-order valence-electron chi connectivity index (χ3n) is 5.43. The minimum atomic E-state index is 0.290. The molecule has 0 radical (unpaired) electrons. The molecule has 2 fully saturated rings. The molecule has 4 heterocycles. The maximum atomic E-state index is 12.6. The molecule has 0 N–H and O–H groups in total. The van der Waals surface area contributed by atoms with Gasteiger partial charge in [0.05, 0.1) is 12.2 Å². The van der Waals surface area contributed by atoms with Gasteiger partial charge in [-0.15, -0.1) is 11.3 Å². The zero-order chi connectivity index (χ0) is 17.4. The average molecular weight is 356 g/mol. The summed E-state index contributed by atoms with van der Waals surface area (Å²) in [4.78, 5) is 24.7. The number of rotatable bonds is 4. The van der Waals surface area contributed by atoms with Crippen molar-refractivity contribution < 1.29 is 4.79 Å². The molecular formula is C20H25N3OS. The fourth-order valence-electron chi connectivity index (χ4n) is 4.27. The molecule has 0 bridgehead atoms. The zero-order valence-electron chi connectivity index (χ0n) is 14.9. The van der Waals surface area contributed by atoms with Gasteiger partial charge < -0.3 is 4.90 Å². The fraction of sp³-hybridized carbons (Fsp3) is 0.500. The van der Waals surface area contributed by atoms with Gasteiger partial charge in [-0.1, -0.05) is 6.07 Å². The number of hydrogen-bond donors (Lipinski definition) is 0. The molecule has 4 nitrogen and oxygen atoms in total. The van der Waals surface area contributed by atoms with Gasteiger partial charge in [0.25, 0.3) is 0 Å². The quantitative estimate of drug-likeness (QED) is 0.842. The number of amides is 1. The van der Waals surface area contributed by atoms with E-state index in [0.29, 0.717) is 31.0 Å². The average Bonchev–Trinajstić information content (AvgIpc) is 3.17. The Bertz CT molecular complexity index is 772. The molecule has 2 aliphatic heterocycles. The molecule has 0 spiro atoms. The topological polar surface area (TPSA) is 36.4 Å². The van der Waals surface area contributed by atoms with Crippen molar-refractivity contribution in [3.05, 3.63) is 51.5 Å². The predicted molar refractivity (Wildman–Crippen MR) is 100 cm³/mol. The molecular weight excluding hydrogens is 330 g/mol. The maximum Gasteiger partial charge on any atom is 0.223 e. The van der Waals surface area contributed by atoms with Crippen LogP contribution < -0.4 is 0 Å². The number of aryl methyl sites for hydroxylation is 2. The highest BCUT2D eigenvalue weighted by atomic mass is 32.1. The van der Waals surface area contributed by atoms with Crippen molar-refractivity contribution in [2.24, 2.45) is 0 Å². The normalized spacial score (nSPS) is 23.9. The Morgan fingerprint density at radius 3 is 2.76 bits per heavy atom. The number of fused-ring (bicyclic) bond motifs is 1. The van der Waals surface area contributed by atoms with Crippen molar-refractivity contribution in [3.8, 4) is 0 Å². The van der Waals surface area contributed by atoms with E-state index >= 15 is 0 Å². The van der Waals surface area contributed by atoms with Gasteiger partial charge in [0.2, 0.25) is 5.91 Å². The van der Waals surface area contributed by atoms with E-state index in [-0.39, 0.29) is 0 Å². The number of carbonyl (C=O) groups excluding carboxylic acids is 1. The first-order valence-electron chi connectivity index (χ1n) is 9.11. The number of likely N-dealkylation sites (tertiary alicyclic amines) is 2. The monoisotopic (exact) mass is 355 g/mol. The lowest BCUT2D eigenvalue weighted by Crippen LogP contribution is -2.51. The molecule has 2 aliphatic rings. The van der Waals surface area contributed by atoms with Crippen LogP contribution in [0.25, 0.3) is 0 Å². The highest BCUT2D eigenvalue weighted by Crippen LogP contribution is 2.34. The summed E-state index contributed by atoms with van der Waals surface area (Å²) in [6, 6.07) is 11.3. The molecule has 2 aromatic rings. The lowest BCUT2D eigenvalue weighted by Gasteiger charge is -2.39. The smallest absolute Gasteiger partial charge is 0.223 e. The first-order chi connectivity index (χ1) is 12.1. The molecule has 2 saturated heterocycles. The number of hydrogen-bond acceptors (Lipinski definition) is 4. The van der Waals surface area contributed by atoms with Gasteiger partial charge in [-0.05, 0) is 51.0 Å². The molecule has 25 heavy (non-hydrogen) atoms. The molecule has 2 atom stereocenters. The van der Waals surface area contributed by atoms with E-state index in [1.807, 2.05) is 36.5 Å². The number of pyridine rings is 1. The van der Waals surface area contributed by atoms with E-state index < -0.39 is 0 Å². The van der Waals surface area contributed by atoms with Crippen molar-refractivity contribution in [3.63, 3.8) is 0 Å². The largest absolute Gasteiger partial charge is 0.332 e. The number of piperidine rings is 1. The van der Waals surface area contributed by atoms with Crippen LogP contribution in [0, 0.1) is 13.8 Å². The van der Waals surface area contributed by atoms with Crippen LogP contribution in [0.5, 0.6) is 0 Å². The highest BCUT2D eigenvalue weighted by molar-refractivity contribution is 7.11. The zero-order valence-corrected chi connectivity index (χ0v) is 15.8. The number of nitrogens with zero attached hydrogens (tertiary/aromatic N) is 3. The number of aromatic nitrogens is 1. The third kappa shape index (κ3) is 3.48. The Kier molecular flexibility index (Phi) is 4.61. The minimum absolute atomic E-state index is 0.290. The van der Waals surface area contributed by atoms with Crippen LogP contribution in [0.15, 0.2) is 30.3 Å². The summed E-state index contributed by atoms with van der Waals surface area (Å²) in [7, 11) is 0.